The molecule has 3 aromatic heterocycles. The lowest BCUT2D eigenvalue weighted by atomic mass is 9.81. The van der Waals surface area contributed by atoms with Crippen molar-refractivity contribution in [2.75, 3.05) is 11.9 Å². The molecule has 12 heteroatoms. The lowest BCUT2D eigenvalue weighted by molar-refractivity contribution is -0.135. The third kappa shape index (κ3) is 8.24. The fraction of sp³-hybridized carbons (Fsp3) is 0.438. The number of fused-ring (bicyclic) bond motifs is 6. The Hall–Kier alpha value is -5.33. The molecule has 3 aliphatic rings. The fourth-order valence-electron chi connectivity index (χ4n) is 9.65. The maximum Gasteiger partial charge on any atom is 0.329 e. The summed E-state index contributed by atoms with van der Waals surface area (Å²) in [5.74, 6) is -0.0286. The van der Waals surface area contributed by atoms with Crippen LogP contribution in [-0.2, 0) is 34.4 Å². The molecule has 2 fully saturated rings. The van der Waals surface area contributed by atoms with Crippen molar-refractivity contribution >= 4 is 66.8 Å². The van der Waals surface area contributed by atoms with Crippen molar-refractivity contribution in [3.63, 3.8) is 0 Å². The van der Waals surface area contributed by atoms with Crippen molar-refractivity contribution < 1.29 is 14.4 Å². The van der Waals surface area contributed by atoms with Gasteiger partial charge in [0.15, 0.2) is 0 Å². The molecule has 3 aromatic carbocycles. The maximum atomic E-state index is 13.1. The zero-order chi connectivity index (χ0) is 41.3. The summed E-state index contributed by atoms with van der Waals surface area (Å²) in [5, 5.41) is 15.5. The van der Waals surface area contributed by atoms with Crippen molar-refractivity contribution in [2.45, 2.75) is 121 Å². The van der Waals surface area contributed by atoms with E-state index in [1.165, 1.54) is 36.2 Å². The van der Waals surface area contributed by atoms with Crippen molar-refractivity contribution in [3.8, 4) is 11.3 Å². The van der Waals surface area contributed by atoms with Gasteiger partial charge in [-0.2, -0.15) is 0 Å². The van der Waals surface area contributed by atoms with Crippen molar-refractivity contribution in [1.29, 1.82) is 0 Å². The average molecular weight is 826 g/mol. The molecule has 60 heavy (non-hydrogen) atoms. The minimum absolute atomic E-state index is 0.173. The third-order valence-electron chi connectivity index (χ3n) is 13.1. The highest BCUT2D eigenvalue weighted by Gasteiger charge is 2.31. The summed E-state index contributed by atoms with van der Waals surface area (Å²) in [6.07, 6.45) is 11.3. The number of amides is 3. The molecule has 2 atom stereocenters. The van der Waals surface area contributed by atoms with E-state index in [0.717, 1.165) is 105 Å². The smallest absolute Gasteiger partial charge is 0.329 e. The molecule has 312 valence electrons. The van der Waals surface area contributed by atoms with E-state index >= 15 is 0 Å². The van der Waals surface area contributed by atoms with Crippen molar-refractivity contribution in [2.24, 2.45) is 7.05 Å². The SMILES string of the molecule is C[C@@H]1CNc2c(sc3ccc4nc(-c5ccc(C6CCC(NC(=O)CCCCCCCc7ccc8c(c7)n(C)c(=O)n8C7CCC(=O)NC7=O)CC6)cc5)ccc4c23)CN1. The van der Waals surface area contributed by atoms with Crippen LogP contribution in [-0.4, -0.2) is 50.5 Å². The van der Waals surface area contributed by atoms with Crippen molar-refractivity contribution in [1.82, 2.24) is 30.1 Å². The number of rotatable bonds is 12. The van der Waals surface area contributed by atoms with Gasteiger partial charge in [0.05, 0.1) is 27.9 Å². The number of nitrogens with zero attached hydrogens (tertiary/aromatic N) is 3. The first-order valence-corrected chi connectivity index (χ1v) is 22.8. The first-order chi connectivity index (χ1) is 29.2. The number of pyridine rings is 1. The Labute approximate surface area is 354 Å². The molecule has 0 bridgehead atoms. The Balaban J connectivity index is 0.694. The number of benzene rings is 3. The number of unbranched alkanes of at least 4 members (excludes halogenated alkanes) is 4. The highest BCUT2D eigenvalue weighted by Crippen LogP contribution is 2.41. The van der Waals surface area contributed by atoms with Gasteiger partial charge in [-0.1, -0.05) is 49.6 Å². The lowest BCUT2D eigenvalue weighted by Crippen LogP contribution is -2.44. The number of aromatic nitrogens is 3. The highest BCUT2D eigenvalue weighted by atomic mass is 32.1. The first kappa shape index (κ1) is 40.1. The number of thiophene rings is 1. The second-order valence-electron chi connectivity index (χ2n) is 17.3. The van der Waals surface area contributed by atoms with Crippen LogP contribution in [0.25, 0.3) is 43.3 Å². The number of carbonyl (C=O) groups is 3. The number of imide groups is 1. The van der Waals surface area contributed by atoms with Gasteiger partial charge in [-0.15, -0.1) is 11.3 Å². The quantitative estimate of drug-likeness (QED) is 0.0719. The lowest BCUT2D eigenvalue weighted by Gasteiger charge is -2.29. The standard InChI is InChI=1S/C48H55N7O4S/c1-29-27-50-46-42(28-49-29)60-41-24-21-37-35(45(41)46)19-20-36(52-37)33-13-11-31(12-14-33)32-15-17-34(18-16-32)51-43(56)9-7-5-3-4-6-8-30-10-22-38-40(26-30)54(2)48(59)55(38)39-23-25-44(57)53-47(39)58/h10-14,19-22,24,26,29,32,34,39,49-50H,3-9,15-18,23,25,27-28H2,1-2H3,(H,51,56)(H,53,57,58)/t29-,32?,34?,39?/m1/s1. The van der Waals surface area contributed by atoms with E-state index in [4.69, 9.17) is 4.98 Å². The maximum absolute atomic E-state index is 13.1. The van der Waals surface area contributed by atoms with Gasteiger partial charge < -0.3 is 16.0 Å². The summed E-state index contributed by atoms with van der Waals surface area (Å²) in [6, 6.07) is 23.8. The van der Waals surface area contributed by atoms with Crippen LogP contribution < -0.4 is 27.0 Å². The molecule has 4 N–H and O–H groups in total. The van der Waals surface area contributed by atoms with E-state index in [1.54, 1.807) is 11.6 Å². The molecule has 11 nitrogen and oxygen atoms in total. The first-order valence-electron chi connectivity index (χ1n) is 22.0. The van der Waals surface area contributed by atoms with Crippen LogP contribution in [0.2, 0.25) is 0 Å². The van der Waals surface area contributed by atoms with E-state index in [9.17, 15) is 19.2 Å². The minimum Gasteiger partial charge on any atom is -0.382 e. The molecule has 6 aromatic rings. The molecule has 1 aliphatic carbocycles. The number of anilines is 1. The second-order valence-corrected chi connectivity index (χ2v) is 18.4. The zero-order valence-electron chi connectivity index (χ0n) is 34.6. The number of hydrogen-bond donors (Lipinski definition) is 4. The Morgan fingerprint density at radius 3 is 2.50 bits per heavy atom. The fourth-order valence-corrected chi connectivity index (χ4v) is 10.8. The van der Waals surface area contributed by atoms with E-state index < -0.39 is 11.9 Å². The molecule has 3 amide bonds. The van der Waals surface area contributed by atoms with Gasteiger partial charge in [0, 0.05) is 71.0 Å². The van der Waals surface area contributed by atoms with Crippen LogP contribution in [0.3, 0.4) is 0 Å². The molecule has 5 heterocycles. The largest absolute Gasteiger partial charge is 0.382 e. The number of piperidine rings is 1. The average Bonchev–Trinajstić information content (AvgIpc) is 3.66. The van der Waals surface area contributed by atoms with Gasteiger partial charge in [0.2, 0.25) is 17.7 Å². The Kier molecular flexibility index (Phi) is 11.6. The van der Waals surface area contributed by atoms with Crippen LogP contribution in [0.1, 0.15) is 112 Å². The van der Waals surface area contributed by atoms with Gasteiger partial charge in [-0.05, 0) is 112 Å². The molecule has 1 saturated heterocycles. The Morgan fingerprint density at radius 1 is 0.883 bits per heavy atom. The summed E-state index contributed by atoms with van der Waals surface area (Å²) < 4.78 is 4.42. The number of nitrogens with one attached hydrogen (secondary N) is 4. The van der Waals surface area contributed by atoms with E-state index in [-0.39, 0.29) is 30.0 Å². The molecule has 0 spiro atoms. The summed E-state index contributed by atoms with van der Waals surface area (Å²) in [5.41, 5.74) is 8.21. The van der Waals surface area contributed by atoms with Gasteiger partial charge in [0.25, 0.3) is 0 Å². The molecule has 9 rings (SSSR count). The van der Waals surface area contributed by atoms with Gasteiger partial charge >= 0.3 is 5.69 Å². The monoisotopic (exact) mass is 825 g/mol. The van der Waals surface area contributed by atoms with Crippen molar-refractivity contribution in [3.05, 3.63) is 93.2 Å². The Bertz CT molecular complexity index is 2640. The highest BCUT2D eigenvalue weighted by molar-refractivity contribution is 7.20. The summed E-state index contributed by atoms with van der Waals surface area (Å²) in [4.78, 5) is 56.5. The number of hydrogen-bond acceptors (Lipinski definition) is 8. The Morgan fingerprint density at radius 2 is 1.68 bits per heavy atom. The van der Waals surface area contributed by atoms with Crippen LogP contribution in [0.15, 0.2) is 71.5 Å². The molecule has 2 aliphatic heterocycles. The normalized spacial score (nSPS) is 20.8. The van der Waals surface area contributed by atoms with E-state index in [0.29, 0.717) is 30.3 Å². The topological polar surface area (TPSA) is 139 Å². The van der Waals surface area contributed by atoms with E-state index in [2.05, 4.69) is 76.7 Å². The third-order valence-corrected chi connectivity index (χ3v) is 14.3. The number of aryl methyl sites for hydroxylation is 2. The van der Waals surface area contributed by atoms with Crippen LogP contribution >= 0.6 is 11.3 Å². The zero-order valence-corrected chi connectivity index (χ0v) is 35.5. The summed E-state index contributed by atoms with van der Waals surface area (Å²) >= 11 is 1.87. The van der Waals surface area contributed by atoms with Gasteiger partial charge in [-0.25, -0.2) is 9.78 Å². The van der Waals surface area contributed by atoms with Crippen LogP contribution in [0, 0.1) is 0 Å². The number of carbonyl (C=O) groups excluding carboxylic acids is 3. The molecular weight excluding hydrogens is 771 g/mol. The molecule has 1 unspecified atom stereocenters. The predicted molar refractivity (Wildman–Crippen MR) is 240 cm³/mol. The van der Waals surface area contributed by atoms with Gasteiger partial charge in [-0.3, -0.25) is 28.8 Å². The molecular formula is C48H55N7O4S. The molecule has 0 radical (unpaired) electrons. The van der Waals surface area contributed by atoms with E-state index in [1.807, 2.05) is 29.5 Å². The second kappa shape index (κ2) is 17.3. The van der Waals surface area contributed by atoms with Crippen LogP contribution in [0.5, 0.6) is 0 Å². The predicted octanol–water partition coefficient (Wildman–Crippen LogP) is 8.38. The molecule has 1 saturated carbocycles. The summed E-state index contributed by atoms with van der Waals surface area (Å²) in [7, 11) is 1.73. The number of imidazole rings is 1. The summed E-state index contributed by atoms with van der Waals surface area (Å²) in [6.45, 7) is 4.03. The minimum atomic E-state index is -0.674. The van der Waals surface area contributed by atoms with Gasteiger partial charge in [0.1, 0.15) is 6.04 Å². The van der Waals surface area contributed by atoms with Crippen LogP contribution in [0.4, 0.5) is 5.69 Å².